The summed E-state index contributed by atoms with van der Waals surface area (Å²) in [6.07, 6.45) is 0. The summed E-state index contributed by atoms with van der Waals surface area (Å²) in [5.41, 5.74) is 3.06. The second kappa shape index (κ2) is 10.3. The van der Waals surface area contributed by atoms with Gasteiger partial charge in [0.1, 0.15) is 5.82 Å². The molecule has 0 unspecified atom stereocenters. The number of rotatable bonds is 8. The summed E-state index contributed by atoms with van der Waals surface area (Å²) in [6.45, 7) is 4.34. The van der Waals surface area contributed by atoms with Crippen molar-refractivity contribution in [3.05, 3.63) is 52.5 Å². The van der Waals surface area contributed by atoms with Gasteiger partial charge in [-0.2, -0.15) is 0 Å². The van der Waals surface area contributed by atoms with E-state index in [0.29, 0.717) is 48.6 Å². The summed E-state index contributed by atoms with van der Waals surface area (Å²) in [5, 5.41) is 5.29. The van der Waals surface area contributed by atoms with E-state index in [2.05, 4.69) is 16.3 Å². The van der Waals surface area contributed by atoms with Gasteiger partial charge in [0.15, 0.2) is 11.5 Å². The normalized spacial score (nSPS) is 13.9. The Morgan fingerprint density at radius 2 is 1.69 bits per heavy atom. The maximum absolute atomic E-state index is 6.20. The first-order chi connectivity index (χ1) is 15.6. The van der Waals surface area contributed by atoms with Crippen molar-refractivity contribution < 1.29 is 18.9 Å². The Morgan fingerprint density at radius 1 is 0.969 bits per heavy atom. The molecule has 1 aromatic heterocycles. The van der Waals surface area contributed by atoms with Crippen molar-refractivity contribution in [2.75, 3.05) is 52.5 Å². The molecule has 170 valence electrons. The van der Waals surface area contributed by atoms with Gasteiger partial charge in [0.25, 0.3) is 0 Å². The SMILES string of the molecule is COc1cc(CNCc2cc3ccc(Cl)cc3nc2N2CCOCC2)cc(OC)c1OC. The number of pyridine rings is 1. The van der Waals surface area contributed by atoms with E-state index in [1.165, 1.54) is 0 Å². The molecule has 32 heavy (non-hydrogen) atoms. The molecule has 0 radical (unpaired) electrons. The molecule has 1 N–H and O–H groups in total. The fourth-order valence-electron chi connectivity index (χ4n) is 3.93. The third-order valence-electron chi connectivity index (χ3n) is 5.52. The van der Waals surface area contributed by atoms with Crippen LogP contribution in [0.1, 0.15) is 11.1 Å². The first-order valence-electron chi connectivity index (χ1n) is 10.5. The molecule has 0 spiro atoms. The molecule has 2 heterocycles. The number of aromatic nitrogens is 1. The molecule has 1 fully saturated rings. The van der Waals surface area contributed by atoms with Crippen LogP contribution in [0.5, 0.6) is 17.2 Å². The molecule has 0 amide bonds. The van der Waals surface area contributed by atoms with E-state index >= 15 is 0 Å². The number of benzene rings is 2. The fourth-order valence-corrected chi connectivity index (χ4v) is 4.10. The molecule has 3 aromatic rings. The van der Waals surface area contributed by atoms with E-state index in [4.69, 9.17) is 35.5 Å². The number of hydrogen-bond donors (Lipinski definition) is 1. The van der Waals surface area contributed by atoms with Crippen LogP contribution in [0.4, 0.5) is 5.82 Å². The van der Waals surface area contributed by atoms with Crippen molar-refractivity contribution in [3.63, 3.8) is 0 Å². The standard InChI is InChI=1S/C24H28ClN3O4/c1-29-21-10-16(11-22(30-2)23(21)31-3)14-26-15-18-12-17-4-5-19(25)13-20(17)27-24(18)28-6-8-32-9-7-28/h4-5,10-13,26H,6-9,14-15H2,1-3H3. The Balaban J connectivity index is 1.58. The minimum absolute atomic E-state index is 0.589. The summed E-state index contributed by atoms with van der Waals surface area (Å²) in [6, 6.07) is 11.9. The molecule has 4 rings (SSSR count). The molecule has 8 heteroatoms. The lowest BCUT2D eigenvalue weighted by Crippen LogP contribution is -2.37. The van der Waals surface area contributed by atoms with E-state index in [0.717, 1.165) is 40.9 Å². The number of nitrogens with one attached hydrogen (secondary N) is 1. The maximum Gasteiger partial charge on any atom is 0.203 e. The van der Waals surface area contributed by atoms with E-state index in [1.54, 1.807) is 21.3 Å². The zero-order valence-corrected chi connectivity index (χ0v) is 19.4. The van der Waals surface area contributed by atoms with Gasteiger partial charge in [0, 0.05) is 42.2 Å². The maximum atomic E-state index is 6.20. The highest BCUT2D eigenvalue weighted by Crippen LogP contribution is 2.38. The lowest BCUT2D eigenvalue weighted by molar-refractivity contribution is 0.122. The van der Waals surface area contributed by atoms with Crippen LogP contribution in [0.15, 0.2) is 36.4 Å². The Hall–Kier alpha value is -2.74. The first-order valence-corrected chi connectivity index (χ1v) is 10.9. The number of hydrogen-bond acceptors (Lipinski definition) is 7. The number of halogens is 1. The van der Waals surface area contributed by atoms with Gasteiger partial charge in [0.2, 0.25) is 5.75 Å². The molecule has 1 aliphatic rings. The number of morpholine rings is 1. The van der Waals surface area contributed by atoms with Crippen LogP contribution in [0.3, 0.4) is 0 Å². The molecule has 0 aliphatic carbocycles. The zero-order chi connectivity index (χ0) is 22.5. The van der Waals surface area contributed by atoms with E-state index in [9.17, 15) is 0 Å². The quantitative estimate of drug-likeness (QED) is 0.547. The average Bonchev–Trinajstić information content (AvgIpc) is 2.83. The van der Waals surface area contributed by atoms with Crippen molar-refractivity contribution >= 4 is 28.3 Å². The molecule has 7 nitrogen and oxygen atoms in total. The topological polar surface area (TPSA) is 65.1 Å². The monoisotopic (exact) mass is 457 g/mol. The van der Waals surface area contributed by atoms with Crippen LogP contribution >= 0.6 is 11.6 Å². The number of ether oxygens (including phenoxy) is 4. The van der Waals surface area contributed by atoms with Gasteiger partial charge in [-0.05, 0) is 35.9 Å². The Morgan fingerprint density at radius 3 is 2.34 bits per heavy atom. The number of anilines is 1. The smallest absolute Gasteiger partial charge is 0.203 e. The number of fused-ring (bicyclic) bond motifs is 1. The third kappa shape index (κ3) is 4.85. The number of nitrogens with zero attached hydrogens (tertiary/aromatic N) is 2. The summed E-state index contributed by atoms with van der Waals surface area (Å²) in [5.74, 6) is 2.84. The first kappa shape index (κ1) is 22.5. The van der Waals surface area contributed by atoms with Gasteiger partial charge in [-0.1, -0.05) is 17.7 Å². The van der Waals surface area contributed by atoms with Crippen molar-refractivity contribution in [1.82, 2.24) is 10.3 Å². The van der Waals surface area contributed by atoms with Crippen molar-refractivity contribution in [2.45, 2.75) is 13.1 Å². The summed E-state index contributed by atoms with van der Waals surface area (Å²) < 4.78 is 21.9. The molecule has 1 saturated heterocycles. The Bertz CT molecular complexity index is 1060. The lowest BCUT2D eigenvalue weighted by atomic mass is 10.1. The van der Waals surface area contributed by atoms with Crippen LogP contribution in [-0.2, 0) is 17.8 Å². The highest BCUT2D eigenvalue weighted by molar-refractivity contribution is 6.31. The van der Waals surface area contributed by atoms with Gasteiger partial charge in [0.05, 0.1) is 40.1 Å². The fraction of sp³-hybridized carbons (Fsp3) is 0.375. The van der Waals surface area contributed by atoms with Gasteiger partial charge in [-0.25, -0.2) is 4.98 Å². The van der Waals surface area contributed by atoms with Crippen LogP contribution in [0.25, 0.3) is 10.9 Å². The van der Waals surface area contributed by atoms with Crippen molar-refractivity contribution in [2.24, 2.45) is 0 Å². The van der Waals surface area contributed by atoms with E-state index in [1.807, 2.05) is 30.3 Å². The van der Waals surface area contributed by atoms with Crippen LogP contribution in [-0.4, -0.2) is 52.6 Å². The minimum Gasteiger partial charge on any atom is -0.493 e. The summed E-state index contributed by atoms with van der Waals surface area (Å²) >= 11 is 6.20. The molecule has 1 aliphatic heterocycles. The van der Waals surface area contributed by atoms with Gasteiger partial charge in [-0.3, -0.25) is 0 Å². The molecular weight excluding hydrogens is 430 g/mol. The highest BCUT2D eigenvalue weighted by Gasteiger charge is 2.18. The van der Waals surface area contributed by atoms with Crippen LogP contribution in [0.2, 0.25) is 5.02 Å². The van der Waals surface area contributed by atoms with E-state index in [-0.39, 0.29) is 0 Å². The Labute approximate surface area is 193 Å². The zero-order valence-electron chi connectivity index (χ0n) is 18.6. The van der Waals surface area contributed by atoms with Crippen molar-refractivity contribution in [1.29, 1.82) is 0 Å². The molecule has 0 saturated carbocycles. The van der Waals surface area contributed by atoms with Crippen LogP contribution < -0.4 is 24.4 Å². The van der Waals surface area contributed by atoms with Gasteiger partial charge < -0.3 is 29.2 Å². The largest absolute Gasteiger partial charge is 0.493 e. The predicted molar refractivity (Wildman–Crippen MR) is 126 cm³/mol. The minimum atomic E-state index is 0.589. The predicted octanol–water partition coefficient (Wildman–Crippen LogP) is 4.04. The number of methoxy groups -OCH3 is 3. The molecule has 2 aromatic carbocycles. The average molecular weight is 458 g/mol. The summed E-state index contributed by atoms with van der Waals surface area (Å²) in [7, 11) is 4.84. The summed E-state index contributed by atoms with van der Waals surface area (Å²) in [4.78, 5) is 7.23. The second-order valence-corrected chi connectivity index (χ2v) is 7.98. The van der Waals surface area contributed by atoms with Gasteiger partial charge in [-0.15, -0.1) is 0 Å². The highest BCUT2D eigenvalue weighted by atomic mass is 35.5. The third-order valence-corrected chi connectivity index (χ3v) is 5.75. The van der Waals surface area contributed by atoms with Crippen LogP contribution in [0, 0.1) is 0 Å². The lowest BCUT2D eigenvalue weighted by Gasteiger charge is -2.30. The second-order valence-electron chi connectivity index (χ2n) is 7.54. The van der Waals surface area contributed by atoms with E-state index < -0.39 is 0 Å². The molecule has 0 bridgehead atoms. The Kier molecular flexibility index (Phi) is 7.19. The van der Waals surface area contributed by atoms with Gasteiger partial charge >= 0.3 is 0 Å². The van der Waals surface area contributed by atoms with Crippen molar-refractivity contribution in [3.8, 4) is 17.2 Å². The molecule has 0 atom stereocenters. The molecular formula is C24H28ClN3O4.